The van der Waals surface area contributed by atoms with Gasteiger partial charge in [-0.2, -0.15) is 0 Å². The number of carbonyl (C=O) groups is 2. The Balaban J connectivity index is 1.60. The molecule has 2 unspecified atom stereocenters. The van der Waals surface area contributed by atoms with Crippen molar-refractivity contribution in [2.45, 2.75) is 38.7 Å². The standard InChI is InChI=1S/C14H19ClO5/c1-13(7-18-12(17)19-8-13)11(16)20-10(2-5-15)9-6-14(9)3-4-14/h9-10H,2-8H2,1H3. The average Bonchev–Trinajstić information content (AvgIpc) is 3.33. The van der Waals surface area contributed by atoms with Gasteiger partial charge in [0, 0.05) is 11.8 Å². The van der Waals surface area contributed by atoms with Gasteiger partial charge in [0.1, 0.15) is 24.7 Å². The molecular weight excluding hydrogens is 284 g/mol. The minimum Gasteiger partial charge on any atom is -0.461 e. The lowest BCUT2D eigenvalue weighted by atomic mass is 9.92. The molecule has 1 spiro atoms. The van der Waals surface area contributed by atoms with E-state index in [0.29, 0.717) is 23.6 Å². The van der Waals surface area contributed by atoms with E-state index in [1.165, 1.54) is 12.8 Å². The Morgan fingerprint density at radius 3 is 2.60 bits per heavy atom. The molecule has 0 aromatic heterocycles. The summed E-state index contributed by atoms with van der Waals surface area (Å²) in [7, 11) is 0. The lowest BCUT2D eigenvalue weighted by Crippen LogP contribution is -2.45. The smallest absolute Gasteiger partial charge is 0.461 e. The van der Waals surface area contributed by atoms with Crippen LogP contribution in [0.4, 0.5) is 4.79 Å². The molecule has 112 valence electrons. The van der Waals surface area contributed by atoms with E-state index in [4.69, 9.17) is 25.8 Å². The second-order valence-electron chi connectivity index (χ2n) is 6.48. The van der Waals surface area contributed by atoms with Crippen molar-refractivity contribution in [1.82, 2.24) is 0 Å². The monoisotopic (exact) mass is 302 g/mol. The lowest BCUT2D eigenvalue weighted by molar-refractivity contribution is -0.173. The molecule has 3 aliphatic rings. The van der Waals surface area contributed by atoms with Crippen molar-refractivity contribution >= 4 is 23.7 Å². The maximum absolute atomic E-state index is 12.3. The van der Waals surface area contributed by atoms with Gasteiger partial charge in [0.25, 0.3) is 0 Å². The van der Waals surface area contributed by atoms with E-state index in [1.54, 1.807) is 6.92 Å². The number of ether oxygens (including phenoxy) is 3. The highest BCUT2D eigenvalue weighted by Gasteiger charge is 2.66. The zero-order valence-electron chi connectivity index (χ0n) is 11.5. The van der Waals surface area contributed by atoms with Crippen LogP contribution in [0.25, 0.3) is 0 Å². The van der Waals surface area contributed by atoms with E-state index in [-0.39, 0.29) is 25.3 Å². The first kappa shape index (κ1) is 14.0. The largest absolute Gasteiger partial charge is 0.508 e. The summed E-state index contributed by atoms with van der Waals surface area (Å²) in [6.45, 7) is 1.71. The first-order chi connectivity index (χ1) is 9.49. The van der Waals surface area contributed by atoms with E-state index in [2.05, 4.69) is 0 Å². The molecule has 1 aliphatic heterocycles. The predicted molar refractivity (Wildman–Crippen MR) is 70.4 cm³/mol. The fraction of sp³-hybridized carbons (Fsp3) is 0.857. The summed E-state index contributed by atoms with van der Waals surface area (Å²) in [6.07, 6.45) is 3.46. The number of rotatable bonds is 5. The number of halogens is 1. The van der Waals surface area contributed by atoms with Crippen molar-refractivity contribution in [1.29, 1.82) is 0 Å². The maximum Gasteiger partial charge on any atom is 0.508 e. The Bertz CT molecular complexity index is 421. The molecule has 6 heteroatoms. The lowest BCUT2D eigenvalue weighted by Gasteiger charge is -2.31. The van der Waals surface area contributed by atoms with E-state index in [9.17, 15) is 9.59 Å². The van der Waals surface area contributed by atoms with Gasteiger partial charge in [-0.1, -0.05) is 0 Å². The van der Waals surface area contributed by atoms with Crippen molar-refractivity contribution in [3.05, 3.63) is 0 Å². The molecule has 2 aliphatic carbocycles. The summed E-state index contributed by atoms with van der Waals surface area (Å²) in [5, 5.41) is 0. The van der Waals surface area contributed by atoms with Crippen molar-refractivity contribution in [2.24, 2.45) is 16.7 Å². The summed E-state index contributed by atoms with van der Waals surface area (Å²) >= 11 is 5.82. The number of hydrogen-bond donors (Lipinski definition) is 0. The van der Waals surface area contributed by atoms with Crippen LogP contribution in [0, 0.1) is 16.7 Å². The maximum atomic E-state index is 12.3. The highest BCUT2D eigenvalue weighted by Crippen LogP contribution is 2.72. The quantitative estimate of drug-likeness (QED) is 0.577. The summed E-state index contributed by atoms with van der Waals surface area (Å²) in [5.41, 5.74) is -0.461. The molecule has 2 atom stereocenters. The summed E-state index contributed by atoms with van der Waals surface area (Å²) in [6, 6.07) is 0. The molecule has 20 heavy (non-hydrogen) atoms. The van der Waals surface area contributed by atoms with Crippen LogP contribution in [-0.4, -0.2) is 37.3 Å². The molecule has 0 N–H and O–H groups in total. The van der Waals surface area contributed by atoms with Crippen molar-refractivity contribution in [3.63, 3.8) is 0 Å². The second kappa shape index (κ2) is 4.79. The van der Waals surface area contributed by atoms with Gasteiger partial charge in [0.05, 0.1) is 0 Å². The van der Waals surface area contributed by atoms with Gasteiger partial charge in [0.2, 0.25) is 0 Å². The van der Waals surface area contributed by atoms with Crippen LogP contribution in [0.5, 0.6) is 0 Å². The topological polar surface area (TPSA) is 61.8 Å². The summed E-state index contributed by atoms with van der Waals surface area (Å²) < 4.78 is 15.3. The van der Waals surface area contributed by atoms with Crippen molar-refractivity contribution in [2.75, 3.05) is 19.1 Å². The molecule has 0 aromatic carbocycles. The number of esters is 1. The molecule has 0 amide bonds. The fourth-order valence-electron chi connectivity index (χ4n) is 3.01. The van der Waals surface area contributed by atoms with Crippen molar-refractivity contribution in [3.8, 4) is 0 Å². The first-order valence-corrected chi connectivity index (χ1v) is 7.59. The zero-order chi connectivity index (χ0) is 14.4. The molecule has 1 saturated heterocycles. The molecule has 3 fully saturated rings. The molecular formula is C14H19ClO5. The summed E-state index contributed by atoms with van der Waals surface area (Å²) in [5.74, 6) is 0.580. The molecule has 1 heterocycles. The van der Waals surface area contributed by atoms with Crippen LogP contribution in [0.3, 0.4) is 0 Å². The van der Waals surface area contributed by atoms with Gasteiger partial charge in [-0.3, -0.25) is 4.79 Å². The van der Waals surface area contributed by atoms with E-state index >= 15 is 0 Å². The van der Waals surface area contributed by atoms with Gasteiger partial charge in [0.15, 0.2) is 0 Å². The number of alkyl halides is 1. The van der Waals surface area contributed by atoms with Crippen LogP contribution >= 0.6 is 11.6 Å². The first-order valence-electron chi connectivity index (χ1n) is 7.06. The molecule has 2 saturated carbocycles. The molecule has 5 nitrogen and oxygen atoms in total. The minimum atomic E-state index is -0.913. The van der Waals surface area contributed by atoms with Crippen LogP contribution in [0.15, 0.2) is 0 Å². The van der Waals surface area contributed by atoms with Crippen molar-refractivity contribution < 1.29 is 23.8 Å². The Morgan fingerprint density at radius 2 is 2.10 bits per heavy atom. The number of hydrogen-bond acceptors (Lipinski definition) is 5. The van der Waals surface area contributed by atoms with Gasteiger partial charge >= 0.3 is 12.1 Å². The van der Waals surface area contributed by atoms with Gasteiger partial charge in [-0.05, 0) is 38.0 Å². The highest BCUT2D eigenvalue weighted by molar-refractivity contribution is 6.17. The molecule has 3 rings (SSSR count). The number of cyclic esters (lactones) is 2. The second-order valence-corrected chi connectivity index (χ2v) is 6.86. The molecule has 0 radical (unpaired) electrons. The van der Waals surface area contributed by atoms with Gasteiger partial charge in [-0.15, -0.1) is 11.6 Å². The van der Waals surface area contributed by atoms with Crippen LogP contribution in [0.2, 0.25) is 0 Å². The third-order valence-corrected chi connectivity index (χ3v) is 4.97. The van der Waals surface area contributed by atoms with E-state index in [1.807, 2.05) is 0 Å². The van der Waals surface area contributed by atoms with Gasteiger partial charge < -0.3 is 14.2 Å². The Labute approximate surface area is 122 Å². The zero-order valence-corrected chi connectivity index (χ0v) is 12.3. The molecule has 0 aromatic rings. The predicted octanol–water partition coefficient (Wildman–Crippen LogP) is 2.50. The Hall–Kier alpha value is -0.970. The van der Waals surface area contributed by atoms with E-state index < -0.39 is 11.6 Å². The highest BCUT2D eigenvalue weighted by atomic mass is 35.5. The third-order valence-electron chi connectivity index (χ3n) is 4.76. The molecule has 0 bridgehead atoms. The Morgan fingerprint density at radius 1 is 1.45 bits per heavy atom. The number of carbonyl (C=O) groups excluding carboxylic acids is 2. The summed E-state index contributed by atoms with van der Waals surface area (Å²) in [4.78, 5) is 23.2. The van der Waals surface area contributed by atoms with Crippen LogP contribution in [0.1, 0.15) is 32.6 Å². The Kier molecular flexibility index (Phi) is 3.35. The minimum absolute atomic E-state index is 0.00801. The van der Waals surface area contributed by atoms with Crippen LogP contribution in [-0.2, 0) is 19.0 Å². The average molecular weight is 303 g/mol. The van der Waals surface area contributed by atoms with Gasteiger partial charge in [-0.25, -0.2) is 4.79 Å². The van der Waals surface area contributed by atoms with E-state index in [0.717, 1.165) is 6.42 Å². The fourth-order valence-corrected chi connectivity index (χ4v) is 3.22. The normalized spacial score (nSPS) is 30.1. The SMILES string of the molecule is CC1(C(=O)OC(CCCl)C2CC23CC3)COC(=O)OC1. The van der Waals surface area contributed by atoms with Crippen LogP contribution < -0.4 is 0 Å². The third kappa shape index (κ3) is 2.48.